The molecule has 2 atom stereocenters. The summed E-state index contributed by atoms with van der Waals surface area (Å²) in [6, 6.07) is 11.2. The molecule has 0 aliphatic carbocycles. The molecule has 1 N–H and O–H groups in total. The molecule has 0 radical (unpaired) electrons. The van der Waals surface area contributed by atoms with Gasteiger partial charge in [-0.1, -0.05) is 37.3 Å². The number of nitrogens with one attached hydrogen (secondary N) is 1. The van der Waals surface area contributed by atoms with E-state index in [4.69, 9.17) is 0 Å². The summed E-state index contributed by atoms with van der Waals surface area (Å²) in [5.41, 5.74) is 1.38. The lowest BCUT2D eigenvalue weighted by atomic mass is 9.94. The molecule has 0 saturated carbocycles. The topological polar surface area (TPSA) is 18.5 Å². The molecule has 114 valence electrons. The first-order valence-electron chi connectivity index (χ1n) is 7.60. The molecule has 0 aliphatic rings. The van der Waals surface area contributed by atoms with Crippen molar-refractivity contribution in [2.24, 2.45) is 5.92 Å². The highest BCUT2D eigenvalue weighted by Crippen LogP contribution is 2.21. The highest BCUT2D eigenvalue weighted by molar-refractivity contribution is 5.19. The maximum atomic E-state index is 3.46. The van der Waals surface area contributed by atoms with Crippen molar-refractivity contribution in [2.45, 2.75) is 19.4 Å². The second-order valence-electron chi connectivity index (χ2n) is 6.07. The van der Waals surface area contributed by atoms with E-state index >= 15 is 0 Å². The minimum atomic E-state index is 0.424. The predicted molar refractivity (Wildman–Crippen MR) is 88.1 cm³/mol. The van der Waals surface area contributed by atoms with Crippen LogP contribution in [0.2, 0.25) is 0 Å². The first kappa shape index (κ1) is 17.2. The fraction of sp³-hybridized carbons (Fsp3) is 0.647. The third-order valence-electron chi connectivity index (χ3n) is 3.78. The minimum absolute atomic E-state index is 0.424. The van der Waals surface area contributed by atoms with E-state index in [1.54, 1.807) is 0 Å². The summed E-state index contributed by atoms with van der Waals surface area (Å²) in [6.45, 7) is 5.77. The Morgan fingerprint density at radius 2 is 1.70 bits per heavy atom. The molecule has 20 heavy (non-hydrogen) atoms. The first-order valence-corrected chi connectivity index (χ1v) is 7.60. The number of hydrogen-bond acceptors (Lipinski definition) is 3. The van der Waals surface area contributed by atoms with Crippen LogP contribution in [0.5, 0.6) is 0 Å². The van der Waals surface area contributed by atoms with Gasteiger partial charge in [-0.2, -0.15) is 0 Å². The molecule has 0 amide bonds. The molecule has 1 aromatic carbocycles. The molecule has 1 aromatic rings. The number of benzene rings is 1. The molecule has 0 spiro atoms. The molecule has 3 nitrogen and oxygen atoms in total. The highest BCUT2D eigenvalue weighted by atomic mass is 15.1. The number of nitrogens with zero attached hydrogens (tertiary/aromatic N) is 2. The Bertz CT molecular complexity index is 351. The van der Waals surface area contributed by atoms with Crippen LogP contribution in [-0.4, -0.2) is 57.6 Å². The fourth-order valence-electron chi connectivity index (χ4n) is 2.79. The summed E-state index contributed by atoms with van der Waals surface area (Å²) in [4.78, 5) is 4.69. The van der Waals surface area contributed by atoms with Crippen molar-refractivity contribution in [1.29, 1.82) is 0 Å². The zero-order valence-corrected chi connectivity index (χ0v) is 13.8. The van der Waals surface area contributed by atoms with Gasteiger partial charge in [0.05, 0.1) is 0 Å². The average molecular weight is 277 g/mol. The summed E-state index contributed by atoms with van der Waals surface area (Å²) >= 11 is 0. The van der Waals surface area contributed by atoms with Gasteiger partial charge < -0.3 is 15.1 Å². The summed E-state index contributed by atoms with van der Waals surface area (Å²) in [5, 5.41) is 3.46. The van der Waals surface area contributed by atoms with Gasteiger partial charge in [0, 0.05) is 12.6 Å². The Kier molecular flexibility index (Phi) is 7.82. The number of rotatable bonds is 9. The lowest BCUT2D eigenvalue weighted by Gasteiger charge is -2.28. The molecule has 0 aromatic heterocycles. The van der Waals surface area contributed by atoms with E-state index in [2.05, 4.69) is 80.6 Å². The van der Waals surface area contributed by atoms with Crippen LogP contribution in [0, 0.1) is 5.92 Å². The summed E-state index contributed by atoms with van der Waals surface area (Å²) in [6.07, 6.45) is 1.23. The van der Waals surface area contributed by atoms with Crippen molar-refractivity contribution in [2.75, 3.05) is 47.8 Å². The fourth-order valence-corrected chi connectivity index (χ4v) is 2.79. The molecular formula is C17H31N3. The minimum Gasteiger partial charge on any atom is -0.313 e. The Morgan fingerprint density at radius 1 is 1.05 bits per heavy atom. The van der Waals surface area contributed by atoms with Crippen LogP contribution >= 0.6 is 0 Å². The standard InChI is InChI=1S/C17H31N3/c1-15(14-20(5)13-9-12-19(3)4)17(18-2)16-10-7-6-8-11-16/h6-8,10-11,15,17-18H,9,12-14H2,1-5H3. The van der Waals surface area contributed by atoms with Crippen molar-refractivity contribution in [3.63, 3.8) is 0 Å². The first-order chi connectivity index (χ1) is 9.54. The Labute approximate surface area is 125 Å². The van der Waals surface area contributed by atoms with Gasteiger partial charge in [0.2, 0.25) is 0 Å². The number of hydrogen-bond donors (Lipinski definition) is 1. The summed E-state index contributed by atoms with van der Waals surface area (Å²) < 4.78 is 0. The normalized spacial score (nSPS) is 14.8. The van der Waals surface area contributed by atoms with Crippen molar-refractivity contribution in [3.05, 3.63) is 35.9 Å². The predicted octanol–water partition coefficient (Wildman–Crippen LogP) is 2.47. The van der Waals surface area contributed by atoms with E-state index < -0.39 is 0 Å². The monoisotopic (exact) mass is 277 g/mol. The smallest absolute Gasteiger partial charge is 0.0355 e. The second kappa shape index (κ2) is 9.11. The molecule has 3 heteroatoms. The highest BCUT2D eigenvalue weighted by Gasteiger charge is 2.18. The molecule has 1 rings (SSSR count). The zero-order valence-electron chi connectivity index (χ0n) is 13.8. The van der Waals surface area contributed by atoms with E-state index in [1.807, 2.05) is 0 Å². The molecule has 0 heterocycles. The molecule has 2 unspecified atom stereocenters. The van der Waals surface area contributed by atoms with E-state index in [1.165, 1.54) is 12.0 Å². The van der Waals surface area contributed by atoms with Crippen LogP contribution < -0.4 is 5.32 Å². The van der Waals surface area contributed by atoms with Crippen molar-refractivity contribution >= 4 is 0 Å². The van der Waals surface area contributed by atoms with Crippen LogP contribution in [-0.2, 0) is 0 Å². The van der Waals surface area contributed by atoms with Crippen molar-refractivity contribution < 1.29 is 0 Å². The van der Waals surface area contributed by atoms with Gasteiger partial charge in [0.15, 0.2) is 0 Å². The summed E-state index contributed by atoms with van der Waals surface area (Å²) in [5.74, 6) is 0.590. The largest absolute Gasteiger partial charge is 0.313 e. The molecule has 0 saturated heterocycles. The molecular weight excluding hydrogens is 246 g/mol. The van der Waals surface area contributed by atoms with Gasteiger partial charge in [0.25, 0.3) is 0 Å². The third-order valence-corrected chi connectivity index (χ3v) is 3.78. The zero-order chi connectivity index (χ0) is 15.0. The van der Waals surface area contributed by atoms with Crippen LogP contribution in [0.3, 0.4) is 0 Å². The molecule has 0 fully saturated rings. The van der Waals surface area contributed by atoms with E-state index in [9.17, 15) is 0 Å². The van der Waals surface area contributed by atoms with Crippen molar-refractivity contribution in [3.8, 4) is 0 Å². The van der Waals surface area contributed by atoms with Gasteiger partial charge in [-0.05, 0) is 59.2 Å². The van der Waals surface area contributed by atoms with Gasteiger partial charge in [-0.15, -0.1) is 0 Å². The Hall–Kier alpha value is -0.900. The van der Waals surface area contributed by atoms with Crippen molar-refractivity contribution in [1.82, 2.24) is 15.1 Å². The third kappa shape index (κ3) is 6.04. The van der Waals surface area contributed by atoms with Gasteiger partial charge >= 0.3 is 0 Å². The second-order valence-corrected chi connectivity index (χ2v) is 6.07. The van der Waals surface area contributed by atoms with Crippen LogP contribution in [0.4, 0.5) is 0 Å². The molecule has 0 aliphatic heterocycles. The Balaban J connectivity index is 2.45. The van der Waals surface area contributed by atoms with E-state index in [0.717, 1.165) is 19.6 Å². The van der Waals surface area contributed by atoms with Gasteiger partial charge in [0.1, 0.15) is 0 Å². The average Bonchev–Trinajstić information content (AvgIpc) is 2.40. The maximum absolute atomic E-state index is 3.46. The quantitative estimate of drug-likeness (QED) is 0.748. The lowest BCUT2D eigenvalue weighted by molar-refractivity contribution is 0.240. The maximum Gasteiger partial charge on any atom is 0.0355 e. The molecule has 0 bridgehead atoms. The van der Waals surface area contributed by atoms with Crippen LogP contribution in [0.15, 0.2) is 30.3 Å². The Morgan fingerprint density at radius 3 is 2.25 bits per heavy atom. The lowest BCUT2D eigenvalue weighted by Crippen LogP contribution is -2.34. The summed E-state index contributed by atoms with van der Waals surface area (Å²) in [7, 11) is 8.55. The van der Waals surface area contributed by atoms with Crippen LogP contribution in [0.25, 0.3) is 0 Å². The van der Waals surface area contributed by atoms with E-state index in [0.29, 0.717) is 12.0 Å². The van der Waals surface area contributed by atoms with E-state index in [-0.39, 0.29) is 0 Å². The van der Waals surface area contributed by atoms with Gasteiger partial charge in [-0.3, -0.25) is 0 Å². The van der Waals surface area contributed by atoms with Crippen LogP contribution in [0.1, 0.15) is 24.9 Å². The van der Waals surface area contributed by atoms with Gasteiger partial charge in [-0.25, -0.2) is 0 Å². The SMILES string of the molecule is CNC(c1ccccc1)C(C)CN(C)CCCN(C)C.